The molecule has 0 aliphatic carbocycles. The second kappa shape index (κ2) is 4.57. The van der Waals surface area contributed by atoms with Crippen molar-refractivity contribution in [3.8, 4) is 0 Å². The van der Waals surface area contributed by atoms with Crippen molar-refractivity contribution in [1.29, 1.82) is 0 Å². The number of ether oxygens (including phenoxy) is 1. The Labute approximate surface area is 119 Å². The van der Waals surface area contributed by atoms with E-state index in [4.69, 9.17) is 4.74 Å². The standard InChI is InChI=1S/C16H20N2O2/c19-15-14(6-7-17-15)18-8-13-9-20-11-16(13,10-18)12-4-2-1-3-5-12/h1-5,13-14H,6-11H2,(H,17,19)/t13-,14?,16+/m1/s1. The Morgan fingerprint density at radius 2 is 2.15 bits per heavy atom. The summed E-state index contributed by atoms with van der Waals surface area (Å²) in [4.78, 5) is 14.3. The number of fused-ring (bicyclic) bond motifs is 1. The van der Waals surface area contributed by atoms with Crippen LogP contribution in [0.25, 0.3) is 0 Å². The first-order valence-corrected chi connectivity index (χ1v) is 7.45. The number of amides is 1. The highest BCUT2D eigenvalue weighted by molar-refractivity contribution is 5.83. The van der Waals surface area contributed by atoms with E-state index in [0.29, 0.717) is 5.92 Å². The second-order valence-electron chi connectivity index (χ2n) is 6.26. The number of nitrogens with zero attached hydrogens (tertiary/aromatic N) is 1. The minimum atomic E-state index is 0.0705. The normalized spacial score (nSPS) is 37.1. The number of carbonyl (C=O) groups is 1. The van der Waals surface area contributed by atoms with Crippen LogP contribution in [0.15, 0.2) is 30.3 Å². The molecule has 1 N–H and O–H groups in total. The maximum Gasteiger partial charge on any atom is 0.237 e. The number of rotatable bonds is 2. The highest BCUT2D eigenvalue weighted by Gasteiger charge is 2.53. The van der Waals surface area contributed by atoms with Crippen molar-refractivity contribution in [2.24, 2.45) is 5.92 Å². The topological polar surface area (TPSA) is 41.6 Å². The van der Waals surface area contributed by atoms with E-state index in [9.17, 15) is 4.79 Å². The van der Waals surface area contributed by atoms with E-state index >= 15 is 0 Å². The summed E-state index contributed by atoms with van der Waals surface area (Å²) in [6, 6.07) is 10.7. The Morgan fingerprint density at radius 3 is 2.90 bits per heavy atom. The average Bonchev–Trinajstić information content (AvgIpc) is 3.12. The first kappa shape index (κ1) is 12.4. The number of hydrogen-bond donors (Lipinski definition) is 1. The lowest BCUT2D eigenvalue weighted by Gasteiger charge is -2.29. The zero-order chi connectivity index (χ0) is 13.6. The fourth-order valence-electron chi connectivity index (χ4n) is 4.12. The maximum atomic E-state index is 11.9. The molecule has 3 heterocycles. The molecule has 0 spiro atoms. The first-order valence-electron chi connectivity index (χ1n) is 7.45. The van der Waals surface area contributed by atoms with Crippen LogP contribution < -0.4 is 5.32 Å². The van der Waals surface area contributed by atoms with Crippen molar-refractivity contribution in [2.45, 2.75) is 17.9 Å². The van der Waals surface area contributed by atoms with Gasteiger partial charge < -0.3 is 10.1 Å². The van der Waals surface area contributed by atoms with Gasteiger partial charge in [-0.25, -0.2) is 0 Å². The molecule has 1 unspecified atom stereocenters. The number of benzene rings is 1. The molecular weight excluding hydrogens is 252 g/mol. The number of likely N-dealkylation sites (tertiary alicyclic amines) is 1. The Hall–Kier alpha value is -1.39. The molecule has 0 radical (unpaired) electrons. The molecule has 4 nitrogen and oxygen atoms in total. The third kappa shape index (κ3) is 1.71. The molecule has 3 saturated heterocycles. The predicted molar refractivity (Wildman–Crippen MR) is 75.4 cm³/mol. The van der Waals surface area contributed by atoms with Gasteiger partial charge >= 0.3 is 0 Å². The van der Waals surface area contributed by atoms with Crippen molar-refractivity contribution >= 4 is 5.91 Å². The molecule has 3 atom stereocenters. The summed E-state index contributed by atoms with van der Waals surface area (Å²) < 4.78 is 5.78. The third-order valence-electron chi connectivity index (χ3n) is 5.21. The van der Waals surface area contributed by atoms with E-state index in [1.807, 2.05) is 0 Å². The van der Waals surface area contributed by atoms with Gasteiger partial charge in [0.2, 0.25) is 5.91 Å². The summed E-state index contributed by atoms with van der Waals surface area (Å²) in [7, 11) is 0. The van der Waals surface area contributed by atoms with Crippen molar-refractivity contribution in [1.82, 2.24) is 10.2 Å². The van der Waals surface area contributed by atoms with Gasteiger partial charge in [0.05, 0.1) is 19.3 Å². The molecule has 4 rings (SSSR count). The molecule has 20 heavy (non-hydrogen) atoms. The smallest absolute Gasteiger partial charge is 0.237 e. The van der Waals surface area contributed by atoms with Crippen LogP contribution in [0, 0.1) is 5.92 Å². The Bertz CT molecular complexity index is 518. The summed E-state index contributed by atoms with van der Waals surface area (Å²) in [6.07, 6.45) is 0.942. The van der Waals surface area contributed by atoms with Crippen LogP contribution in [-0.2, 0) is 14.9 Å². The highest BCUT2D eigenvalue weighted by atomic mass is 16.5. The molecule has 3 fully saturated rings. The molecular formula is C16H20N2O2. The molecule has 3 aliphatic heterocycles. The Balaban J connectivity index is 1.64. The van der Waals surface area contributed by atoms with Gasteiger partial charge in [0.15, 0.2) is 0 Å². The number of hydrogen-bond acceptors (Lipinski definition) is 3. The van der Waals surface area contributed by atoms with E-state index in [1.54, 1.807) is 0 Å². The van der Waals surface area contributed by atoms with Gasteiger partial charge in [-0.1, -0.05) is 30.3 Å². The van der Waals surface area contributed by atoms with Gasteiger partial charge in [0.1, 0.15) is 0 Å². The zero-order valence-corrected chi connectivity index (χ0v) is 11.5. The first-order chi connectivity index (χ1) is 9.79. The van der Waals surface area contributed by atoms with E-state index in [0.717, 1.165) is 39.3 Å². The molecule has 1 amide bonds. The lowest BCUT2D eigenvalue weighted by Crippen LogP contribution is -2.42. The van der Waals surface area contributed by atoms with Gasteiger partial charge in [-0.05, 0) is 12.0 Å². The summed E-state index contributed by atoms with van der Waals surface area (Å²) in [5.74, 6) is 0.715. The van der Waals surface area contributed by atoms with Crippen molar-refractivity contribution in [3.63, 3.8) is 0 Å². The minimum absolute atomic E-state index is 0.0705. The molecule has 1 aromatic rings. The predicted octanol–water partition coefficient (Wildman–Crippen LogP) is 0.775. The summed E-state index contributed by atoms with van der Waals surface area (Å²) in [5.41, 5.74) is 1.45. The summed E-state index contributed by atoms with van der Waals surface area (Å²) >= 11 is 0. The van der Waals surface area contributed by atoms with Crippen molar-refractivity contribution in [3.05, 3.63) is 35.9 Å². The Kier molecular flexibility index (Phi) is 2.82. The van der Waals surface area contributed by atoms with Gasteiger partial charge in [-0.2, -0.15) is 0 Å². The van der Waals surface area contributed by atoms with E-state index in [1.165, 1.54) is 5.56 Å². The largest absolute Gasteiger partial charge is 0.380 e. The second-order valence-corrected chi connectivity index (χ2v) is 6.26. The SMILES string of the molecule is O=C1NCCC1N1C[C@@H]2COC[C@]2(c2ccccc2)C1. The van der Waals surface area contributed by atoms with Crippen molar-refractivity contribution in [2.75, 3.05) is 32.8 Å². The maximum absolute atomic E-state index is 11.9. The summed E-state index contributed by atoms with van der Waals surface area (Å²) in [6.45, 7) is 4.35. The fourth-order valence-corrected chi connectivity index (χ4v) is 4.12. The number of nitrogens with one attached hydrogen (secondary N) is 1. The van der Waals surface area contributed by atoms with Gasteiger partial charge in [-0.15, -0.1) is 0 Å². The van der Waals surface area contributed by atoms with Crippen LogP contribution in [0.3, 0.4) is 0 Å². The van der Waals surface area contributed by atoms with E-state index in [-0.39, 0.29) is 17.4 Å². The zero-order valence-electron chi connectivity index (χ0n) is 11.5. The lowest BCUT2D eigenvalue weighted by atomic mass is 9.75. The summed E-state index contributed by atoms with van der Waals surface area (Å²) in [5, 5.41) is 2.95. The van der Waals surface area contributed by atoms with Gasteiger partial charge in [-0.3, -0.25) is 9.69 Å². The van der Waals surface area contributed by atoms with Crippen LogP contribution in [0.2, 0.25) is 0 Å². The number of carbonyl (C=O) groups excluding carboxylic acids is 1. The lowest BCUT2D eigenvalue weighted by molar-refractivity contribution is -0.123. The molecule has 4 heteroatoms. The molecule has 0 aromatic heterocycles. The molecule has 0 saturated carbocycles. The minimum Gasteiger partial charge on any atom is -0.380 e. The van der Waals surface area contributed by atoms with Crippen LogP contribution in [0.4, 0.5) is 0 Å². The van der Waals surface area contributed by atoms with Gasteiger partial charge in [0.25, 0.3) is 0 Å². The molecule has 106 valence electrons. The van der Waals surface area contributed by atoms with Crippen molar-refractivity contribution < 1.29 is 9.53 Å². The third-order valence-corrected chi connectivity index (χ3v) is 5.21. The highest BCUT2D eigenvalue weighted by Crippen LogP contribution is 2.44. The van der Waals surface area contributed by atoms with Crippen LogP contribution in [0.5, 0.6) is 0 Å². The molecule has 3 aliphatic rings. The van der Waals surface area contributed by atoms with Crippen LogP contribution in [0.1, 0.15) is 12.0 Å². The quantitative estimate of drug-likeness (QED) is 0.865. The van der Waals surface area contributed by atoms with Crippen LogP contribution >= 0.6 is 0 Å². The van der Waals surface area contributed by atoms with E-state index < -0.39 is 0 Å². The Morgan fingerprint density at radius 1 is 1.30 bits per heavy atom. The average molecular weight is 272 g/mol. The molecule has 1 aromatic carbocycles. The fraction of sp³-hybridized carbons (Fsp3) is 0.562. The van der Waals surface area contributed by atoms with Crippen LogP contribution in [-0.4, -0.2) is 49.7 Å². The molecule has 0 bridgehead atoms. The van der Waals surface area contributed by atoms with Gasteiger partial charge in [0, 0.05) is 31.0 Å². The monoisotopic (exact) mass is 272 g/mol. The van der Waals surface area contributed by atoms with E-state index in [2.05, 4.69) is 40.5 Å².